The van der Waals surface area contributed by atoms with Gasteiger partial charge < -0.3 is 9.30 Å². The molecule has 0 fully saturated rings. The first-order chi connectivity index (χ1) is 8.54. The van der Waals surface area contributed by atoms with Gasteiger partial charge in [0, 0.05) is 28.7 Å². The van der Waals surface area contributed by atoms with Gasteiger partial charge in [0.2, 0.25) is 0 Å². The van der Waals surface area contributed by atoms with E-state index in [1.165, 1.54) is 7.11 Å². The SMILES string of the molecule is COC(=O)CC(=O)c1cn(C)c2c(Br)cccc12. The molecule has 1 heterocycles. The molecule has 0 saturated carbocycles. The summed E-state index contributed by atoms with van der Waals surface area (Å²) < 4.78 is 7.29. The Morgan fingerprint density at radius 1 is 1.39 bits per heavy atom. The minimum absolute atomic E-state index is 0.231. The predicted molar refractivity (Wildman–Crippen MR) is 71.6 cm³/mol. The molecule has 0 spiro atoms. The summed E-state index contributed by atoms with van der Waals surface area (Å²) in [5, 5.41) is 0.834. The van der Waals surface area contributed by atoms with E-state index in [-0.39, 0.29) is 12.2 Å². The molecule has 1 aromatic heterocycles. The number of nitrogens with zero attached hydrogens (tertiary/aromatic N) is 1. The van der Waals surface area contributed by atoms with Crippen LogP contribution in [0, 0.1) is 0 Å². The average molecular weight is 310 g/mol. The first kappa shape index (κ1) is 12.8. The standard InChI is InChI=1S/C13H12BrNO3/c1-15-7-9(11(16)6-12(17)18-2)8-4-3-5-10(14)13(8)15/h3-5,7H,6H2,1-2H3. The van der Waals surface area contributed by atoms with Crippen LogP contribution in [0.5, 0.6) is 0 Å². The van der Waals surface area contributed by atoms with Crippen LogP contribution in [0.2, 0.25) is 0 Å². The fraction of sp³-hybridized carbons (Fsp3) is 0.231. The molecule has 2 rings (SSSR count). The van der Waals surface area contributed by atoms with Gasteiger partial charge in [0.25, 0.3) is 0 Å². The Morgan fingerprint density at radius 2 is 2.11 bits per heavy atom. The summed E-state index contributed by atoms with van der Waals surface area (Å²) in [6.45, 7) is 0. The zero-order valence-corrected chi connectivity index (χ0v) is 11.7. The maximum atomic E-state index is 12.0. The smallest absolute Gasteiger partial charge is 0.313 e. The Kier molecular flexibility index (Phi) is 3.52. The molecule has 0 radical (unpaired) electrons. The van der Waals surface area contributed by atoms with E-state index in [1.54, 1.807) is 6.20 Å². The topological polar surface area (TPSA) is 48.3 Å². The van der Waals surface area contributed by atoms with E-state index in [4.69, 9.17) is 0 Å². The number of hydrogen-bond acceptors (Lipinski definition) is 3. The average Bonchev–Trinajstić information content (AvgIpc) is 2.68. The predicted octanol–water partition coefficient (Wildman–Crippen LogP) is 2.69. The Bertz CT molecular complexity index is 630. The maximum absolute atomic E-state index is 12.0. The molecule has 0 atom stereocenters. The number of esters is 1. The van der Waals surface area contributed by atoms with E-state index in [9.17, 15) is 9.59 Å². The molecule has 0 saturated heterocycles. The summed E-state index contributed by atoms with van der Waals surface area (Å²) in [7, 11) is 3.14. The van der Waals surface area contributed by atoms with Gasteiger partial charge in [-0.15, -0.1) is 0 Å². The van der Waals surface area contributed by atoms with Crippen molar-refractivity contribution in [3.63, 3.8) is 0 Å². The second-order valence-corrected chi connectivity index (χ2v) is 4.82. The van der Waals surface area contributed by atoms with Crippen LogP contribution in [0.3, 0.4) is 0 Å². The molecule has 4 nitrogen and oxygen atoms in total. The van der Waals surface area contributed by atoms with Gasteiger partial charge in [-0.1, -0.05) is 12.1 Å². The summed E-state index contributed by atoms with van der Waals surface area (Å²) in [6, 6.07) is 5.64. The van der Waals surface area contributed by atoms with Crippen LogP contribution in [0.1, 0.15) is 16.8 Å². The zero-order chi connectivity index (χ0) is 13.3. The van der Waals surface area contributed by atoms with Crippen LogP contribution in [0.4, 0.5) is 0 Å². The number of benzene rings is 1. The van der Waals surface area contributed by atoms with Gasteiger partial charge in [-0.05, 0) is 22.0 Å². The summed E-state index contributed by atoms with van der Waals surface area (Å²) in [5.74, 6) is -0.752. The number of Topliss-reactive ketones (excluding diaryl/α,β-unsaturated/α-hetero) is 1. The number of hydrogen-bond donors (Lipinski definition) is 0. The summed E-state index contributed by atoms with van der Waals surface area (Å²) in [6.07, 6.45) is 1.50. The Labute approximate surface area is 113 Å². The molecule has 1 aromatic carbocycles. The van der Waals surface area contributed by atoms with Crippen molar-refractivity contribution in [2.24, 2.45) is 7.05 Å². The highest BCUT2D eigenvalue weighted by Gasteiger charge is 2.18. The van der Waals surface area contributed by atoms with E-state index in [0.29, 0.717) is 5.56 Å². The number of ketones is 1. The molecule has 0 aliphatic carbocycles. The third-order valence-electron chi connectivity index (χ3n) is 2.79. The third-order valence-corrected chi connectivity index (χ3v) is 3.43. The molecule has 0 amide bonds. The van der Waals surface area contributed by atoms with Crippen LogP contribution in [-0.2, 0) is 16.6 Å². The van der Waals surface area contributed by atoms with Gasteiger partial charge in [-0.3, -0.25) is 9.59 Å². The van der Waals surface area contributed by atoms with E-state index >= 15 is 0 Å². The fourth-order valence-corrected chi connectivity index (χ4v) is 2.59. The van der Waals surface area contributed by atoms with Gasteiger partial charge in [-0.2, -0.15) is 0 Å². The van der Waals surface area contributed by atoms with Crippen molar-refractivity contribution in [3.8, 4) is 0 Å². The number of para-hydroxylation sites is 1. The normalized spacial score (nSPS) is 10.6. The van der Waals surface area contributed by atoms with Gasteiger partial charge in [0.1, 0.15) is 6.42 Å². The number of aromatic nitrogens is 1. The van der Waals surface area contributed by atoms with Crippen molar-refractivity contribution in [1.29, 1.82) is 0 Å². The third kappa shape index (κ3) is 2.18. The molecule has 0 aliphatic heterocycles. The lowest BCUT2D eigenvalue weighted by Crippen LogP contribution is -2.09. The number of aryl methyl sites for hydroxylation is 1. The minimum atomic E-state index is -0.521. The number of fused-ring (bicyclic) bond motifs is 1. The van der Waals surface area contributed by atoms with Crippen molar-refractivity contribution in [2.75, 3.05) is 7.11 Å². The largest absolute Gasteiger partial charge is 0.469 e. The van der Waals surface area contributed by atoms with Gasteiger partial charge in [0.15, 0.2) is 5.78 Å². The molecule has 0 unspecified atom stereocenters. The number of carbonyl (C=O) groups excluding carboxylic acids is 2. The quantitative estimate of drug-likeness (QED) is 0.497. The highest BCUT2D eigenvalue weighted by molar-refractivity contribution is 9.10. The number of ether oxygens (including phenoxy) is 1. The molecule has 0 aliphatic rings. The number of carbonyl (C=O) groups is 2. The highest BCUT2D eigenvalue weighted by atomic mass is 79.9. The molecule has 0 bridgehead atoms. The van der Waals surface area contributed by atoms with Crippen molar-refractivity contribution < 1.29 is 14.3 Å². The van der Waals surface area contributed by atoms with Gasteiger partial charge >= 0.3 is 5.97 Å². The molecule has 94 valence electrons. The fourth-order valence-electron chi connectivity index (χ4n) is 1.94. The van der Waals surface area contributed by atoms with Gasteiger partial charge in [0.05, 0.1) is 12.6 Å². The van der Waals surface area contributed by atoms with Crippen LogP contribution >= 0.6 is 15.9 Å². The Balaban J connectivity index is 2.49. The maximum Gasteiger partial charge on any atom is 0.313 e. The van der Waals surface area contributed by atoms with Crippen LogP contribution < -0.4 is 0 Å². The van der Waals surface area contributed by atoms with E-state index < -0.39 is 5.97 Å². The monoisotopic (exact) mass is 309 g/mol. The Hall–Kier alpha value is -1.62. The lowest BCUT2D eigenvalue weighted by Gasteiger charge is -1.99. The van der Waals surface area contributed by atoms with Crippen molar-refractivity contribution in [1.82, 2.24) is 4.57 Å². The number of rotatable bonds is 3. The summed E-state index contributed by atoms with van der Waals surface area (Å²) in [5.41, 5.74) is 1.48. The number of methoxy groups -OCH3 is 1. The number of halogens is 1. The van der Waals surface area contributed by atoms with Gasteiger partial charge in [-0.25, -0.2) is 0 Å². The first-order valence-electron chi connectivity index (χ1n) is 5.38. The van der Waals surface area contributed by atoms with Crippen molar-refractivity contribution >= 4 is 38.6 Å². The highest BCUT2D eigenvalue weighted by Crippen LogP contribution is 2.28. The lowest BCUT2D eigenvalue weighted by atomic mass is 10.1. The van der Waals surface area contributed by atoms with Crippen LogP contribution in [-0.4, -0.2) is 23.4 Å². The zero-order valence-electron chi connectivity index (χ0n) is 10.1. The minimum Gasteiger partial charge on any atom is -0.469 e. The second kappa shape index (κ2) is 4.94. The van der Waals surface area contributed by atoms with E-state index in [2.05, 4.69) is 20.7 Å². The molecular formula is C13H12BrNO3. The second-order valence-electron chi connectivity index (χ2n) is 3.97. The summed E-state index contributed by atoms with van der Waals surface area (Å²) in [4.78, 5) is 23.2. The van der Waals surface area contributed by atoms with Crippen LogP contribution in [0.15, 0.2) is 28.9 Å². The first-order valence-corrected chi connectivity index (χ1v) is 6.17. The molecule has 2 aromatic rings. The van der Waals surface area contributed by atoms with E-state index in [0.717, 1.165) is 15.4 Å². The molecule has 5 heteroatoms. The molecule has 18 heavy (non-hydrogen) atoms. The summed E-state index contributed by atoms with van der Waals surface area (Å²) >= 11 is 3.45. The van der Waals surface area contributed by atoms with Crippen LogP contribution in [0.25, 0.3) is 10.9 Å². The van der Waals surface area contributed by atoms with Crippen molar-refractivity contribution in [3.05, 3.63) is 34.4 Å². The van der Waals surface area contributed by atoms with Crippen molar-refractivity contribution in [2.45, 2.75) is 6.42 Å². The molecular weight excluding hydrogens is 298 g/mol. The lowest BCUT2D eigenvalue weighted by molar-refractivity contribution is -0.139. The van der Waals surface area contributed by atoms with E-state index in [1.807, 2.05) is 29.8 Å². The molecule has 0 N–H and O–H groups in total. The Morgan fingerprint density at radius 3 is 2.78 bits per heavy atom.